The predicted molar refractivity (Wildman–Crippen MR) is 84.1 cm³/mol. The van der Waals surface area contributed by atoms with Crippen molar-refractivity contribution < 1.29 is 4.74 Å². The standard InChI is InChI=1S/C15H20N4OS/c1-11-9-14(3-6-16-11)20-10-13-4-7-19(8-5-13)15-18-17-12(2)21-15/h3,6,9,13H,4-5,7-8,10H2,1-2H3. The molecule has 2 aromatic heterocycles. The van der Waals surface area contributed by atoms with E-state index in [1.165, 1.54) is 0 Å². The Morgan fingerprint density at radius 3 is 2.76 bits per heavy atom. The highest BCUT2D eigenvalue weighted by molar-refractivity contribution is 7.15. The number of aryl methyl sites for hydroxylation is 2. The molecule has 6 heteroatoms. The maximum Gasteiger partial charge on any atom is 0.208 e. The van der Waals surface area contributed by atoms with E-state index < -0.39 is 0 Å². The van der Waals surface area contributed by atoms with Gasteiger partial charge in [-0.1, -0.05) is 11.3 Å². The van der Waals surface area contributed by atoms with Gasteiger partial charge in [-0.2, -0.15) is 0 Å². The van der Waals surface area contributed by atoms with Crippen molar-refractivity contribution in [3.05, 3.63) is 29.0 Å². The van der Waals surface area contributed by atoms with Crippen molar-refractivity contribution in [3.63, 3.8) is 0 Å². The zero-order valence-corrected chi connectivity index (χ0v) is 13.3. The molecule has 0 bridgehead atoms. The molecule has 1 aliphatic rings. The average molecular weight is 304 g/mol. The van der Waals surface area contributed by atoms with Crippen LogP contribution in [0.15, 0.2) is 18.3 Å². The molecule has 3 rings (SSSR count). The Kier molecular flexibility index (Phi) is 4.34. The highest BCUT2D eigenvalue weighted by atomic mass is 32.1. The molecule has 5 nitrogen and oxygen atoms in total. The van der Waals surface area contributed by atoms with E-state index in [0.717, 1.165) is 54.1 Å². The predicted octanol–water partition coefficient (Wildman–Crippen LogP) is 2.85. The Labute approximate surface area is 129 Å². The summed E-state index contributed by atoms with van der Waals surface area (Å²) in [6.45, 7) is 6.84. The summed E-state index contributed by atoms with van der Waals surface area (Å²) < 4.78 is 5.89. The first-order chi connectivity index (χ1) is 10.2. The van der Waals surface area contributed by atoms with Crippen molar-refractivity contribution in [2.45, 2.75) is 26.7 Å². The van der Waals surface area contributed by atoms with Crippen molar-refractivity contribution in [3.8, 4) is 5.75 Å². The van der Waals surface area contributed by atoms with Gasteiger partial charge in [0.15, 0.2) is 0 Å². The fourth-order valence-electron chi connectivity index (χ4n) is 2.53. The molecule has 0 N–H and O–H groups in total. The van der Waals surface area contributed by atoms with E-state index in [4.69, 9.17) is 4.74 Å². The van der Waals surface area contributed by atoms with Gasteiger partial charge in [-0.15, -0.1) is 10.2 Å². The minimum atomic E-state index is 0.615. The SMILES string of the molecule is Cc1cc(OCC2CCN(c3nnc(C)s3)CC2)ccn1. The van der Waals surface area contributed by atoms with Crippen LogP contribution in [0.2, 0.25) is 0 Å². The molecule has 0 unspecified atom stereocenters. The van der Waals surface area contributed by atoms with Crippen LogP contribution in [0, 0.1) is 19.8 Å². The van der Waals surface area contributed by atoms with E-state index in [9.17, 15) is 0 Å². The number of anilines is 1. The van der Waals surface area contributed by atoms with E-state index in [-0.39, 0.29) is 0 Å². The third kappa shape index (κ3) is 3.69. The van der Waals surface area contributed by atoms with Crippen LogP contribution in [0.3, 0.4) is 0 Å². The average Bonchev–Trinajstić information content (AvgIpc) is 2.92. The molecule has 0 radical (unpaired) electrons. The number of rotatable bonds is 4. The highest BCUT2D eigenvalue weighted by Crippen LogP contribution is 2.26. The molecular formula is C15H20N4OS. The Balaban J connectivity index is 1.47. The van der Waals surface area contributed by atoms with E-state index >= 15 is 0 Å². The van der Waals surface area contributed by atoms with Gasteiger partial charge >= 0.3 is 0 Å². The minimum absolute atomic E-state index is 0.615. The van der Waals surface area contributed by atoms with Gasteiger partial charge in [-0.05, 0) is 38.7 Å². The number of ether oxygens (including phenoxy) is 1. The molecule has 1 saturated heterocycles. The fraction of sp³-hybridized carbons (Fsp3) is 0.533. The van der Waals surface area contributed by atoms with E-state index in [1.54, 1.807) is 17.5 Å². The van der Waals surface area contributed by atoms with Crippen LogP contribution in [-0.4, -0.2) is 34.9 Å². The zero-order valence-electron chi connectivity index (χ0n) is 12.5. The van der Waals surface area contributed by atoms with E-state index in [0.29, 0.717) is 5.92 Å². The first kappa shape index (κ1) is 14.3. The van der Waals surface area contributed by atoms with Gasteiger partial charge in [-0.25, -0.2) is 0 Å². The molecule has 0 aliphatic carbocycles. The van der Waals surface area contributed by atoms with Crippen LogP contribution in [0.25, 0.3) is 0 Å². The summed E-state index contributed by atoms with van der Waals surface area (Å²) in [6, 6.07) is 3.91. The molecule has 0 aromatic carbocycles. The summed E-state index contributed by atoms with van der Waals surface area (Å²) in [5.41, 5.74) is 0.994. The largest absolute Gasteiger partial charge is 0.493 e. The molecule has 0 amide bonds. The second kappa shape index (κ2) is 6.39. The van der Waals surface area contributed by atoms with Crippen molar-refractivity contribution in [2.75, 3.05) is 24.6 Å². The Morgan fingerprint density at radius 2 is 2.10 bits per heavy atom. The maximum atomic E-state index is 5.89. The summed E-state index contributed by atoms with van der Waals surface area (Å²) >= 11 is 1.67. The van der Waals surface area contributed by atoms with Gasteiger partial charge in [-0.3, -0.25) is 4.98 Å². The van der Waals surface area contributed by atoms with E-state index in [1.807, 2.05) is 26.0 Å². The fourth-order valence-corrected chi connectivity index (χ4v) is 3.27. The summed E-state index contributed by atoms with van der Waals surface area (Å²) in [5.74, 6) is 1.54. The number of hydrogen-bond donors (Lipinski definition) is 0. The monoisotopic (exact) mass is 304 g/mol. The molecule has 0 atom stereocenters. The molecule has 0 saturated carbocycles. The number of aromatic nitrogens is 3. The molecule has 21 heavy (non-hydrogen) atoms. The first-order valence-electron chi connectivity index (χ1n) is 7.31. The minimum Gasteiger partial charge on any atom is -0.493 e. The lowest BCUT2D eigenvalue weighted by molar-refractivity contribution is 0.222. The summed E-state index contributed by atoms with van der Waals surface area (Å²) in [7, 11) is 0. The summed E-state index contributed by atoms with van der Waals surface area (Å²) in [6.07, 6.45) is 4.08. The smallest absolute Gasteiger partial charge is 0.208 e. The number of pyridine rings is 1. The zero-order chi connectivity index (χ0) is 14.7. The van der Waals surface area contributed by atoms with Gasteiger partial charge in [0.25, 0.3) is 0 Å². The van der Waals surface area contributed by atoms with Crippen LogP contribution in [0.4, 0.5) is 5.13 Å². The van der Waals surface area contributed by atoms with Gasteiger partial charge < -0.3 is 9.64 Å². The lowest BCUT2D eigenvalue weighted by Gasteiger charge is -2.31. The van der Waals surface area contributed by atoms with E-state index in [2.05, 4.69) is 20.1 Å². The second-order valence-electron chi connectivity index (χ2n) is 5.48. The normalized spacial score (nSPS) is 16.2. The summed E-state index contributed by atoms with van der Waals surface area (Å²) in [4.78, 5) is 6.51. The molecule has 1 fully saturated rings. The van der Waals surface area contributed by atoms with Crippen molar-refractivity contribution in [1.29, 1.82) is 0 Å². The van der Waals surface area contributed by atoms with Crippen LogP contribution >= 0.6 is 11.3 Å². The number of nitrogens with zero attached hydrogens (tertiary/aromatic N) is 4. The second-order valence-corrected chi connectivity index (χ2v) is 6.64. The number of piperidine rings is 1. The molecule has 112 valence electrons. The maximum absolute atomic E-state index is 5.89. The molecule has 0 spiro atoms. The Morgan fingerprint density at radius 1 is 1.29 bits per heavy atom. The van der Waals surface area contributed by atoms with Crippen molar-refractivity contribution >= 4 is 16.5 Å². The Hall–Kier alpha value is -1.69. The lowest BCUT2D eigenvalue weighted by atomic mass is 9.98. The van der Waals surface area contributed by atoms with Gasteiger partial charge in [0.05, 0.1) is 6.61 Å². The number of hydrogen-bond acceptors (Lipinski definition) is 6. The lowest BCUT2D eigenvalue weighted by Crippen LogP contribution is -2.35. The first-order valence-corrected chi connectivity index (χ1v) is 8.13. The van der Waals surface area contributed by atoms with Gasteiger partial charge in [0.2, 0.25) is 5.13 Å². The molecule has 2 aromatic rings. The molecule has 1 aliphatic heterocycles. The van der Waals surface area contributed by atoms with Crippen molar-refractivity contribution in [2.24, 2.45) is 5.92 Å². The highest BCUT2D eigenvalue weighted by Gasteiger charge is 2.22. The summed E-state index contributed by atoms with van der Waals surface area (Å²) in [5, 5.41) is 10.4. The van der Waals surface area contributed by atoms with Gasteiger partial charge in [0.1, 0.15) is 10.8 Å². The van der Waals surface area contributed by atoms with Gasteiger partial charge in [0, 0.05) is 31.0 Å². The molecule has 3 heterocycles. The third-order valence-electron chi connectivity index (χ3n) is 3.75. The van der Waals surface area contributed by atoms with Crippen LogP contribution in [-0.2, 0) is 0 Å². The van der Waals surface area contributed by atoms with Crippen LogP contribution in [0.1, 0.15) is 23.5 Å². The van der Waals surface area contributed by atoms with Crippen molar-refractivity contribution in [1.82, 2.24) is 15.2 Å². The third-order valence-corrected chi connectivity index (χ3v) is 4.65. The molecular weight excluding hydrogens is 284 g/mol. The van der Waals surface area contributed by atoms with Crippen LogP contribution in [0.5, 0.6) is 5.75 Å². The topological polar surface area (TPSA) is 51.1 Å². The quantitative estimate of drug-likeness (QED) is 0.869. The Bertz CT molecular complexity index is 593. The van der Waals surface area contributed by atoms with Crippen LogP contribution < -0.4 is 9.64 Å².